The average Bonchev–Trinajstić information content (AvgIpc) is 3.27. The summed E-state index contributed by atoms with van der Waals surface area (Å²) in [6.07, 6.45) is 13.2. The van der Waals surface area contributed by atoms with Crippen LogP contribution in [0.2, 0.25) is 0 Å². The Kier molecular flexibility index (Phi) is 15.2. The predicted molar refractivity (Wildman–Crippen MR) is 236 cm³/mol. The fourth-order valence-corrected chi connectivity index (χ4v) is 11.0. The largest absolute Gasteiger partial charge is 0.429 e. The average molecular weight is 879 g/mol. The normalized spacial score (nSPS) is 26.9. The minimum atomic E-state index is -3.68. The van der Waals surface area contributed by atoms with E-state index in [0.717, 1.165) is 90.5 Å². The van der Waals surface area contributed by atoms with Crippen LogP contribution in [0.1, 0.15) is 162 Å². The van der Waals surface area contributed by atoms with E-state index >= 15 is 0 Å². The third kappa shape index (κ3) is 12.0. The highest BCUT2D eigenvalue weighted by atomic mass is 19.3. The SMILES string of the molecule is Cc1c(F)cc(OC(F)(F)c2ccc(C3CCC(C4CCC(C)CC4)CC3)cc2)cc1F.Cc1ccc(OC(F)(F)c2ccc(C3CCC(C4CCC(C)CC4)CC3)cc2)cc1F. The van der Waals surface area contributed by atoms with Crippen LogP contribution >= 0.6 is 0 Å². The molecule has 4 fully saturated rings. The lowest BCUT2D eigenvalue weighted by atomic mass is 9.68. The molecule has 0 spiro atoms. The van der Waals surface area contributed by atoms with Gasteiger partial charge in [0.05, 0.1) is 11.1 Å². The molecule has 8 rings (SSSR count). The fourth-order valence-electron chi connectivity index (χ4n) is 11.0. The van der Waals surface area contributed by atoms with Gasteiger partial charge in [0.25, 0.3) is 0 Å². The molecule has 342 valence electrons. The van der Waals surface area contributed by atoms with Crippen molar-refractivity contribution in [1.29, 1.82) is 0 Å². The summed E-state index contributed by atoms with van der Waals surface area (Å²) in [5.74, 6) is 2.93. The van der Waals surface area contributed by atoms with Crippen molar-refractivity contribution < 1.29 is 40.2 Å². The molecule has 0 saturated heterocycles. The zero-order valence-electron chi connectivity index (χ0n) is 37.4. The summed E-state index contributed by atoms with van der Waals surface area (Å²) in [5.41, 5.74) is 1.85. The Balaban J connectivity index is 0.000000189. The Hall–Kier alpha value is -4.01. The molecule has 9 heteroatoms. The Morgan fingerprint density at radius 2 is 0.746 bits per heavy atom. The number of halogens is 7. The van der Waals surface area contributed by atoms with Gasteiger partial charge in [-0.1, -0.05) is 69.9 Å². The van der Waals surface area contributed by atoms with Crippen molar-refractivity contribution in [3.05, 3.63) is 130 Å². The van der Waals surface area contributed by atoms with Crippen LogP contribution in [-0.2, 0) is 12.2 Å². The van der Waals surface area contributed by atoms with Gasteiger partial charge in [-0.25, -0.2) is 13.2 Å². The van der Waals surface area contributed by atoms with Gasteiger partial charge < -0.3 is 9.47 Å². The van der Waals surface area contributed by atoms with E-state index in [0.29, 0.717) is 17.4 Å². The van der Waals surface area contributed by atoms with Gasteiger partial charge >= 0.3 is 12.2 Å². The number of hydrogen-bond donors (Lipinski definition) is 0. The van der Waals surface area contributed by atoms with Crippen LogP contribution in [0.5, 0.6) is 11.5 Å². The van der Waals surface area contributed by atoms with Gasteiger partial charge in [0.15, 0.2) is 0 Å². The summed E-state index contributed by atoms with van der Waals surface area (Å²) in [7, 11) is 0. The van der Waals surface area contributed by atoms with Crippen molar-refractivity contribution in [3.63, 3.8) is 0 Å². The van der Waals surface area contributed by atoms with Crippen molar-refractivity contribution in [3.8, 4) is 11.5 Å². The van der Waals surface area contributed by atoms with Gasteiger partial charge in [0.2, 0.25) is 0 Å². The molecular formula is C54H65F7O2. The fraction of sp³-hybridized carbons (Fsp3) is 0.556. The number of rotatable bonds is 10. The minimum absolute atomic E-state index is 0.174. The number of benzene rings is 4. The van der Waals surface area contributed by atoms with E-state index < -0.39 is 35.4 Å². The van der Waals surface area contributed by atoms with Gasteiger partial charge in [-0.3, -0.25) is 0 Å². The molecular weight excluding hydrogens is 814 g/mol. The monoisotopic (exact) mass is 878 g/mol. The van der Waals surface area contributed by atoms with E-state index in [2.05, 4.69) is 18.6 Å². The van der Waals surface area contributed by atoms with Gasteiger partial charge in [-0.2, -0.15) is 17.6 Å². The summed E-state index contributed by atoms with van der Waals surface area (Å²) in [4.78, 5) is 0. The molecule has 0 aliphatic heterocycles. The van der Waals surface area contributed by atoms with Gasteiger partial charge in [0, 0.05) is 23.8 Å². The molecule has 2 nitrogen and oxygen atoms in total. The maximum atomic E-state index is 14.6. The molecule has 0 aromatic heterocycles. The minimum Gasteiger partial charge on any atom is -0.429 e. The molecule has 0 amide bonds. The van der Waals surface area contributed by atoms with E-state index in [4.69, 9.17) is 4.74 Å². The number of aryl methyl sites for hydroxylation is 1. The summed E-state index contributed by atoms with van der Waals surface area (Å²) in [5, 5.41) is 0. The van der Waals surface area contributed by atoms with Crippen LogP contribution in [-0.4, -0.2) is 0 Å². The lowest BCUT2D eigenvalue weighted by Crippen LogP contribution is -2.25. The molecule has 4 saturated carbocycles. The van der Waals surface area contributed by atoms with Crippen molar-refractivity contribution in [1.82, 2.24) is 0 Å². The summed E-state index contributed by atoms with van der Waals surface area (Å²) in [6, 6.07) is 18.1. The van der Waals surface area contributed by atoms with Crippen LogP contribution < -0.4 is 9.47 Å². The van der Waals surface area contributed by atoms with E-state index in [1.165, 1.54) is 120 Å². The summed E-state index contributed by atoms with van der Waals surface area (Å²) in [6.45, 7) is 7.54. The first-order valence-electron chi connectivity index (χ1n) is 23.6. The van der Waals surface area contributed by atoms with Crippen LogP contribution in [0.3, 0.4) is 0 Å². The number of hydrogen-bond acceptors (Lipinski definition) is 2. The molecule has 0 unspecified atom stereocenters. The van der Waals surface area contributed by atoms with Crippen LogP contribution in [0.25, 0.3) is 0 Å². The molecule has 63 heavy (non-hydrogen) atoms. The first-order chi connectivity index (χ1) is 30.0. The van der Waals surface area contributed by atoms with Crippen molar-refractivity contribution >= 4 is 0 Å². The highest BCUT2D eigenvalue weighted by Crippen LogP contribution is 2.46. The molecule has 0 radical (unpaired) electrons. The maximum Gasteiger partial charge on any atom is 0.426 e. The second-order valence-electron chi connectivity index (χ2n) is 19.7. The van der Waals surface area contributed by atoms with Crippen LogP contribution in [0, 0.1) is 66.8 Å². The Morgan fingerprint density at radius 1 is 0.413 bits per heavy atom. The maximum absolute atomic E-state index is 14.6. The second kappa shape index (κ2) is 20.4. The highest BCUT2D eigenvalue weighted by molar-refractivity contribution is 5.33. The van der Waals surface area contributed by atoms with Crippen molar-refractivity contribution in [2.45, 2.75) is 154 Å². The molecule has 0 N–H and O–H groups in total. The second-order valence-corrected chi connectivity index (χ2v) is 19.7. The van der Waals surface area contributed by atoms with Crippen molar-refractivity contribution in [2.24, 2.45) is 35.5 Å². The van der Waals surface area contributed by atoms with E-state index in [1.54, 1.807) is 19.1 Å². The zero-order chi connectivity index (χ0) is 44.9. The van der Waals surface area contributed by atoms with Crippen LogP contribution in [0.15, 0.2) is 78.9 Å². The topological polar surface area (TPSA) is 18.5 Å². The number of ether oxygens (including phenoxy) is 2. The zero-order valence-corrected chi connectivity index (χ0v) is 37.4. The number of alkyl halides is 4. The first kappa shape index (κ1) is 47.0. The molecule has 0 bridgehead atoms. The standard InChI is InChI=1S/C27H32F4O.C27H33F3O/c1-17-3-5-19(6-4-17)20-7-9-21(10-8-20)22-11-13-23(14-12-22)27(30,31)32-24-15-25(28)18(2)26(29)16-24;1-18-3-6-20(7-4-18)21-8-10-22(11-9-21)23-12-14-24(15-13-23)27(29,30)31-25-16-5-19(2)26(28)17-25/h11-17,19-21H,3-10H2,1-2H3;5,12-18,20-22H,3-4,6-11H2,1-2H3. The predicted octanol–water partition coefficient (Wildman–Crippen LogP) is 16.9. The Morgan fingerprint density at radius 3 is 1.11 bits per heavy atom. The van der Waals surface area contributed by atoms with E-state index in [1.807, 2.05) is 12.1 Å². The quantitative estimate of drug-likeness (QED) is 0.148. The lowest BCUT2D eigenvalue weighted by molar-refractivity contribution is -0.186. The molecule has 4 aromatic rings. The molecule has 0 atom stereocenters. The van der Waals surface area contributed by atoms with Gasteiger partial charge in [-0.05, 0) is 185 Å². The molecule has 4 aliphatic rings. The highest BCUT2D eigenvalue weighted by Gasteiger charge is 2.37. The van der Waals surface area contributed by atoms with Crippen molar-refractivity contribution in [2.75, 3.05) is 0 Å². The Bertz CT molecular complexity index is 2050. The van der Waals surface area contributed by atoms with Gasteiger partial charge in [0.1, 0.15) is 29.0 Å². The molecule has 4 aromatic carbocycles. The Labute approximate surface area is 370 Å². The third-order valence-corrected chi connectivity index (χ3v) is 15.3. The van der Waals surface area contributed by atoms with Crippen LogP contribution in [0.4, 0.5) is 30.7 Å². The molecule has 4 aliphatic carbocycles. The lowest BCUT2D eigenvalue weighted by Gasteiger charge is -2.37. The smallest absolute Gasteiger partial charge is 0.426 e. The summed E-state index contributed by atoms with van der Waals surface area (Å²) >= 11 is 0. The van der Waals surface area contributed by atoms with E-state index in [9.17, 15) is 30.7 Å². The third-order valence-electron chi connectivity index (χ3n) is 15.3. The summed E-state index contributed by atoms with van der Waals surface area (Å²) < 4.78 is 109. The molecule has 0 heterocycles. The first-order valence-corrected chi connectivity index (χ1v) is 23.6. The van der Waals surface area contributed by atoms with Gasteiger partial charge in [-0.15, -0.1) is 0 Å². The van der Waals surface area contributed by atoms with E-state index in [-0.39, 0.29) is 22.4 Å².